The van der Waals surface area contributed by atoms with Gasteiger partial charge in [0.05, 0.1) is 13.2 Å². The molecule has 0 radical (unpaired) electrons. The van der Waals surface area contributed by atoms with Gasteiger partial charge >= 0.3 is 0 Å². The molecule has 3 heteroatoms. The zero-order valence-electron chi connectivity index (χ0n) is 13.0. The Morgan fingerprint density at radius 3 is 2.48 bits per heavy atom. The Morgan fingerprint density at radius 1 is 0.870 bits per heavy atom. The van der Waals surface area contributed by atoms with Gasteiger partial charge in [-0.25, -0.2) is 0 Å². The lowest BCUT2D eigenvalue weighted by Crippen LogP contribution is -2.03. The Hall–Kier alpha value is -2.55. The van der Waals surface area contributed by atoms with Crippen molar-refractivity contribution in [3.8, 4) is 5.75 Å². The number of rotatable bonds is 7. The minimum absolute atomic E-state index is 0.126. The maximum Gasteiger partial charge on any atom is 0.159 e. The van der Waals surface area contributed by atoms with Crippen LogP contribution in [0.4, 0.5) is 0 Å². The highest BCUT2D eigenvalue weighted by molar-refractivity contribution is 5.92. The standard InChI is InChI=1S/C20H20O3/c21-17-10-12-18(13-11-17)22-14-3-4-15-23-20-9-5-7-16-6-1-2-8-19(16)20/h1-2,5-10,12-13H,3-4,11,14-15H2. The molecule has 23 heavy (non-hydrogen) atoms. The van der Waals surface area contributed by atoms with Gasteiger partial charge in [0.2, 0.25) is 0 Å². The number of ketones is 1. The third-order valence-corrected chi connectivity index (χ3v) is 3.75. The van der Waals surface area contributed by atoms with Crippen molar-refractivity contribution in [2.75, 3.05) is 13.2 Å². The minimum atomic E-state index is 0.126. The van der Waals surface area contributed by atoms with Gasteiger partial charge < -0.3 is 9.47 Å². The highest BCUT2D eigenvalue weighted by Gasteiger charge is 2.04. The number of ether oxygens (including phenoxy) is 2. The number of hydrogen-bond donors (Lipinski definition) is 0. The minimum Gasteiger partial charge on any atom is -0.494 e. The summed E-state index contributed by atoms with van der Waals surface area (Å²) in [5.74, 6) is 1.85. The van der Waals surface area contributed by atoms with Gasteiger partial charge in [-0.15, -0.1) is 0 Å². The maximum atomic E-state index is 11.0. The van der Waals surface area contributed by atoms with Crippen LogP contribution in [0.25, 0.3) is 10.8 Å². The molecule has 1 aliphatic carbocycles. The smallest absolute Gasteiger partial charge is 0.159 e. The lowest BCUT2D eigenvalue weighted by Gasteiger charge is -2.11. The van der Waals surface area contributed by atoms with E-state index in [4.69, 9.17) is 9.47 Å². The Bertz CT molecular complexity index is 738. The van der Waals surface area contributed by atoms with E-state index in [1.54, 1.807) is 12.2 Å². The van der Waals surface area contributed by atoms with E-state index in [0.717, 1.165) is 29.7 Å². The molecule has 0 spiro atoms. The second kappa shape index (κ2) is 7.63. The van der Waals surface area contributed by atoms with Crippen molar-refractivity contribution in [3.63, 3.8) is 0 Å². The number of benzene rings is 2. The molecule has 0 saturated heterocycles. The van der Waals surface area contributed by atoms with Crippen molar-refractivity contribution in [2.24, 2.45) is 0 Å². The van der Waals surface area contributed by atoms with Crippen LogP contribution in [-0.2, 0) is 9.53 Å². The summed E-state index contributed by atoms with van der Waals surface area (Å²) < 4.78 is 11.5. The van der Waals surface area contributed by atoms with Gasteiger partial charge in [-0.1, -0.05) is 36.4 Å². The van der Waals surface area contributed by atoms with E-state index in [-0.39, 0.29) is 5.78 Å². The number of fused-ring (bicyclic) bond motifs is 1. The fourth-order valence-corrected chi connectivity index (χ4v) is 2.52. The summed E-state index contributed by atoms with van der Waals surface area (Å²) in [4.78, 5) is 11.0. The third kappa shape index (κ3) is 4.22. The van der Waals surface area contributed by atoms with E-state index in [2.05, 4.69) is 18.2 Å². The SMILES string of the molecule is O=C1C=CC(OCCCCOc2cccc3ccccc23)=CC1. The second-order valence-corrected chi connectivity index (χ2v) is 5.49. The molecule has 0 aliphatic heterocycles. The summed E-state index contributed by atoms with van der Waals surface area (Å²) >= 11 is 0. The van der Waals surface area contributed by atoms with E-state index >= 15 is 0 Å². The predicted octanol–water partition coefficient (Wildman–Crippen LogP) is 4.43. The molecule has 0 fully saturated rings. The van der Waals surface area contributed by atoms with Crippen molar-refractivity contribution in [1.29, 1.82) is 0 Å². The molecule has 3 nitrogen and oxygen atoms in total. The molecule has 0 atom stereocenters. The lowest BCUT2D eigenvalue weighted by molar-refractivity contribution is -0.114. The summed E-state index contributed by atoms with van der Waals surface area (Å²) in [6.45, 7) is 1.31. The van der Waals surface area contributed by atoms with Crippen LogP contribution in [0.15, 0.2) is 66.5 Å². The van der Waals surface area contributed by atoms with Crippen LogP contribution >= 0.6 is 0 Å². The van der Waals surface area contributed by atoms with Gasteiger partial charge in [-0.2, -0.15) is 0 Å². The first-order valence-corrected chi connectivity index (χ1v) is 7.97. The maximum absolute atomic E-state index is 11.0. The van der Waals surface area contributed by atoms with Gasteiger partial charge in [0.25, 0.3) is 0 Å². The molecule has 2 aromatic carbocycles. The fraction of sp³-hybridized carbons (Fsp3) is 0.250. The van der Waals surface area contributed by atoms with E-state index in [1.807, 2.05) is 30.3 Å². The van der Waals surface area contributed by atoms with Crippen LogP contribution in [0, 0.1) is 0 Å². The molecule has 0 heterocycles. The topological polar surface area (TPSA) is 35.5 Å². The van der Waals surface area contributed by atoms with Crippen LogP contribution < -0.4 is 4.74 Å². The quantitative estimate of drug-likeness (QED) is 0.710. The molecular formula is C20H20O3. The van der Waals surface area contributed by atoms with Crippen molar-refractivity contribution < 1.29 is 14.3 Å². The predicted molar refractivity (Wildman–Crippen MR) is 91.5 cm³/mol. The molecule has 0 aromatic heterocycles. The average molecular weight is 308 g/mol. The monoisotopic (exact) mass is 308 g/mol. The normalized spacial score (nSPS) is 13.9. The van der Waals surface area contributed by atoms with Crippen LogP contribution in [0.3, 0.4) is 0 Å². The zero-order chi connectivity index (χ0) is 15.9. The van der Waals surface area contributed by atoms with Gasteiger partial charge in [0.15, 0.2) is 5.78 Å². The van der Waals surface area contributed by atoms with E-state index in [9.17, 15) is 4.79 Å². The van der Waals surface area contributed by atoms with E-state index in [1.165, 1.54) is 5.39 Å². The number of allylic oxidation sites excluding steroid dienone is 3. The number of unbranched alkanes of at least 4 members (excludes halogenated alkanes) is 1. The molecule has 0 bridgehead atoms. The van der Waals surface area contributed by atoms with E-state index in [0.29, 0.717) is 19.6 Å². The summed E-state index contributed by atoms with van der Waals surface area (Å²) in [5.41, 5.74) is 0. The summed E-state index contributed by atoms with van der Waals surface area (Å²) in [6, 6.07) is 14.3. The summed E-state index contributed by atoms with van der Waals surface area (Å²) in [7, 11) is 0. The zero-order valence-corrected chi connectivity index (χ0v) is 13.0. The molecule has 118 valence electrons. The Kier molecular flexibility index (Phi) is 5.09. The summed E-state index contributed by atoms with van der Waals surface area (Å²) in [5, 5.41) is 2.34. The van der Waals surface area contributed by atoms with Crippen molar-refractivity contribution in [1.82, 2.24) is 0 Å². The van der Waals surface area contributed by atoms with Crippen LogP contribution in [0.5, 0.6) is 5.75 Å². The molecule has 1 aliphatic rings. The van der Waals surface area contributed by atoms with Gasteiger partial charge in [0.1, 0.15) is 11.5 Å². The third-order valence-electron chi connectivity index (χ3n) is 3.75. The second-order valence-electron chi connectivity index (χ2n) is 5.49. The first-order chi connectivity index (χ1) is 11.3. The molecule has 0 saturated carbocycles. The first-order valence-electron chi connectivity index (χ1n) is 7.97. The van der Waals surface area contributed by atoms with Gasteiger partial charge in [-0.3, -0.25) is 4.79 Å². The number of carbonyl (C=O) groups excluding carboxylic acids is 1. The molecule has 2 aromatic rings. The highest BCUT2D eigenvalue weighted by atomic mass is 16.5. The molecule has 0 amide bonds. The van der Waals surface area contributed by atoms with Gasteiger partial charge in [0, 0.05) is 11.8 Å². The molecule has 0 unspecified atom stereocenters. The first kappa shape index (κ1) is 15.3. The Balaban J connectivity index is 1.40. The van der Waals surface area contributed by atoms with Crippen LogP contribution in [0.2, 0.25) is 0 Å². The number of hydrogen-bond acceptors (Lipinski definition) is 3. The molecule has 0 N–H and O–H groups in total. The largest absolute Gasteiger partial charge is 0.494 e. The van der Waals surface area contributed by atoms with Crippen LogP contribution in [-0.4, -0.2) is 19.0 Å². The van der Waals surface area contributed by atoms with Crippen molar-refractivity contribution in [3.05, 3.63) is 66.5 Å². The van der Waals surface area contributed by atoms with Crippen molar-refractivity contribution >= 4 is 16.6 Å². The summed E-state index contributed by atoms with van der Waals surface area (Å²) in [6.07, 6.45) is 7.42. The molecular weight excluding hydrogens is 288 g/mol. The Morgan fingerprint density at radius 2 is 1.65 bits per heavy atom. The fourth-order valence-electron chi connectivity index (χ4n) is 2.52. The average Bonchev–Trinajstić information content (AvgIpc) is 2.59. The van der Waals surface area contributed by atoms with E-state index < -0.39 is 0 Å². The number of carbonyl (C=O) groups is 1. The van der Waals surface area contributed by atoms with Gasteiger partial charge in [-0.05, 0) is 42.5 Å². The molecule has 3 rings (SSSR count). The van der Waals surface area contributed by atoms with Crippen molar-refractivity contribution in [2.45, 2.75) is 19.3 Å². The van der Waals surface area contributed by atoms with Crippen LogP contribution in [0.1, 0.15) is 19.3 Å². The Labute approximate surface area is 136 Å². The highest BCUT2D eigenvalue weighted by Crippen LogP contribution is 2.25. The lowest BCUT2D eigenvalue weighted by atomic mass is 10.1.